The van der Waals surface area contributed by atoms with Crippen molar-refractivity contribution in [3.63, 3.8) is 0 Å². The van der Waals surface area contributed by atoms with Crippen LogP contribution in [-0.4, -0.2) is 24.7 Å². The lowest BCUT2D eigenvalue weighted by Gasteiger charge is -2.47. The summed E-state index contributed by atoms with van der Waals surface area (Å²) in [5.41, 5.74) is -2.67. The van der Waals surface area contributed by atoms with Crippen molar-refractivity contribution in [2.75, 3.05) is 13.2 Å². The van der Waals surface area contributed by atoms with E-state index in [-0.39, 0.29) is 12.0 Å². The van der Waals surface area contributed by atoms with E-state index in [9.17, 15) is 24.6 Å². The van der Waals surface area contributed by atoms with E-state index in [4.69, 9.17) is 14.9 Å². The summed E-state index contributed by atoms with van der Waals surface area (Å²) in [7, 11) is 0. The van der Waals surface area contributed by atoms with Gasteiger partial charge in [-0.25, -0.2) is 8.78 Å². The molecule has 2 atom stereocenters. The molecule has 1 spiro atoms. The second kappa shape index (κ2) is 6.74. The average Bonchev–Trinajstić information content (AvgIpc) is 3.16. The minimum Gasteiger partial charge on any atom is -0.348 e. The summed E-state index contributed by atoms with van der Waals surface area (Å²) in [4.78, 5) is 0. The highest BCUT2D eigenvalue weighted by atomic mass is 19.1. The minimum atomic E-state index is -2.21. The van der Waals surface area contributed by atoms with E-state index in [1.165, 1.54) is 6.07 Å². The fourth-order valence-corrected chi connectivity index (χ4v) is 4.90. The van der Waals surface area contributed by atoms with Crippen molar-refractivity contribution in [3.8, 4) is 18.2 Å². The fraction of sp³-hybridized carbons (Fsp3) is 0.429. The van der Waals surface area contributed by atoms with E-state index in [2.05, 4.69) is 0 Å². The molecule has 3 aliphatic rings. The van der Waals surface area contributed by atoms with Crippen LogP contribution in [-0.2, 0) is 9.47 Å². The van der Waals surface area contributed by atoms with Crippen LogP contribution in [0.25, 0.3) is 0 Å². The maximum atomic E-state index is 14.8. The Morgan fingerprint density at radius 2 is 1.69 bits per heavy atom. The summed E-state index contributed by atoms with van der Waals surface area (Å²) in [6, 6.07) is 8.88. The SMILES string of the molecule is N#CC1=C2CCC3(C[C@@H]2[C@@H](c2c(F)cccc2F)C(C#N)(C#N)C1=N)OCCO3. The molecule has 0 aromatic heterocycles. The molecule has 0 unspecified atom stereocenters. The van der Waals surface area contributed by atoms with Gasteiger partial charge in [-0.1, -0.05) is 6.07 Å². The molecule has 2 aliphatic carbocycles. The van der Waals surface area contributed by atoms with Crippen LogP contribution in [0, 0.1) is 62.4 Å². The maximum absolute atomic E-state index is 14.8. The van der Waals surface area contributed by atoms with Gasteiger partial charge in [0.1, 0.15) is 17.7 Å². The molecule has 29 heavy (non-hydrogen) atoms. The first-order valence-corrected chi connectivity index (χ1v) is 9.20. The first-order chi connectivity index (χ1) is 13.9. The zero-order valence-electron chi connectivity index (χ0n) is 15.3. The number of hydrogen-bond donors (Lipinski definition) is 1. The van der Waals surface area contributed by atoms with E-state index in [1.54, 1.807) is 0 Å². The van der Waals surface area contributed by atoms with Crippen LogP contribution in [0.4, 0.5) is 8.78 Å². The summed E-state index contributed by atoms with van der Waals surface area (Å²) in [6.45, 7) is 0.736. The Morgan fingerprint density at radius 1 is 1.07 bits per heavy atom. The summed E-state index contributed by atoms with van der Waals surface area (Å²) >= 11 is 0. The van der Waals surface area contributed by atoms with Gasteiger partial charge in [0, 0.05) is 24.3 Å². The third-order valence-corrected chi connectivity index (χ3v) is 6.18. The molecule has 8 heteroatoms. The topological polar surface area (TPSA) is 114 Å². The van der Waals surface area contributed by atoms with Crippen molar-refractivity contribution in [3.05, 3.63) is 46.5 Å². The monoisotopic (exact) mass is 394 g/mol. The van der Waals surface area contributed by atoms with Crippen LogP contribution in [0.15, 0.2) is 29.3 Å². The quantitative estimate of drug-likeness (QED) is 0.783. The van der Waals surface area contributed by atoms with Crippen molar-refractivity contribution in [1.29, 1.82) is 21.2 Å². The Labute approximate surface area is 166 Å². The van der Waals surface area contributed by atoms with Gasteiger partial charge in [-0.3, -0.25) is 0 Å². The Kier molecular flexibility index (Phi) is 4.46. The first kappa shape index (κ1) is 19.2. The molecule has 0 radical (unpaired) electrons. The molecule has 4 rings (SSSR count). The summed E-state index contributed by atoms with van der Waals surface area (Å²) in [5, 5.41) is 38.0. The molecule has 1 saturated carbocycles. The summed E-state index contributed by atoms with van der Waals surface area (Å²) in [6.07, 6.45) is 0.885. The van der Waals surface area contributed by atoms with Gasteiger partial charge < -0.3 is 14.9 Å². The summed E-state index contributed by atoms with van der Waals surface area (Å²) < 4.78 is 41.2. The maximum Gasteiger partial charge on any atom is 0.193 e. The highest BCUT2D eigenvalue weighted by molar-refractivity contribution is 6.11. The lowest BCUT2D eigenvalue weighted by molar-refractivity contribution is -0.182. The lowest BCUT2D eigenvalue weighted by atomic mass is 9.54. The molecule has 1 saturated heterocycles. The van der Waals surface area contributed by atoms with E-state index < -0.39 is 45.9 Å². The number of nitrogens with one attached hydrogen (secondary N) is 1. The van der Waals surface area contributed by atoms with Gasteiger partial charge in [0.2, 0.25) is 0 Å². The molecular weight excluding hydrogens is 378 g/mol. The van der Waals surface area contributed by atoms with Crippen LogP contribution in [0.1, 0.15) is 30.7 Å². The van der Waals surface area contributed by atoms with E-state index >= 15 is 0 Å². The third-order valence-electron chi connectivity index (χ3n) is 6.18. The molecule has 0 amide bonds. The number of nitrogens with zero attached hydrogens (tertiary/aromatic N) is 3. The Bertz CT molecular complexity index is 1020. The van der Waals surface area contributed by atoms with Crippen molar-refractivity contribution in [1.82, 2.24) is 0 Å². The van der Waals surface area contributed by atoms with E-state index in [0.29, 0.717) is 31.6 Å². The van der Waals surface area contributed by atoms with Crippen LogP contribution in [0.3, 0.4) is 0 Å². The standard InChI is InChI=1S/C21H16F2N4O2/c22-15-2-1-3-16(23)17(15)18-13-8-21(28-6-7-29-21)5-4-12(13)14(9-24)19(27)20(18,10-25)11-26/h1-3,13,18,27H,4-8H2/t13-,18-/m0/s1. The number of benzene rings is 1. The normalized spacial score (nSPS) is 27.1. The molecule has 1 aromatic rings. The zero-order chi connectivity index (χ0) is 20.8. The van der Waals surface area contributed by atoms with Crippen molar-refractivity contribution < 1.29 is 18.3 Å². The molecule has 1 aliphatic heterocycles. The summed E-state index contributed by atoms with van der Waals surface area (Å²) in [5.74, 6) is -4.83. The number of allylic oxidation sites excluding steroid dienone is 2. The smallest absolute Gasteiger partial charge is 0.193 e. The van der Waals surface area contributed by atoms with E-state index in [1.807, 2.05) is 18.2 Å². The van der Waals surface area contributed by atoms with Gasteiger partial charge in [0.15, 0.2) is 11.2 Å². The fourth-order valence-electron chi connectivity index (χ4n) is 4.90. The number of ether oxygens (including phenoxy) is 2. The van der Waals surface area contributed by atoms with Gasteiger partial charge in [0.25, 0.3) is 0 Å². The van der Waals surface area contributed by atoms with Crippen molar-refractivity contribution in [2.45, 2.75) is 31.0 Å². The van der Waals surface area contributed by atoms with Crippen molar-refractivity contribution >= 4 is 5.71 Å². The molecule has 146 valence electrons. The lowest BCUT2D eigenvalue weighted by Crippen LogP contribution is -2.49. The van der Waals surface area contributed by atoms with Crippen LogP contribution >= 0.6 is 0 Å². The molecule has 0 bridgehead atoms. The Morgan fingerprint density at radius 3 is 2.24 bits per heavy atom. The van der Waals surface area contributed by atoms with Gasteiger partial charge in [0.05, 0.1) is 36.6 Å². The Balaban J connectivity index is 2.00. The van der Waals surface area contributed by atoms with Crippen LogP contribution < -0.4 is 0 Å². The molecule has 6 nitrogen and oxygen atoms in total. The molecular formula is C21H16F2N4O2. The first-order valence-electron chi connectivity index (χ1n) is 9.20. The molecule has 1 aromatic carbocycles. The molecule has 1 N–H and O–H groups in total. The molecule has 1 heterocycles. The van der Waals surface area contributed by atoms with Crippen LogP contribution in [0.2, 0.25) is 0 Å². The molecule has 2 fully saturated rings. The zero-order valence-corrected chi connectivity index (χ0v) is 15.3. The highest BCUT2D eigenvalue weighted by Crippen LogP contribution is 2.57. The van der Waals surface area contributed by atoms with Crippen molar-refractivity contribution in [2.24, 2.45) is 11.3 Å². The Hall–Kier alpha value is -3.12. The van der Waals surface area contributed by atoms with E-state index in [0.717, 1.165) is 12.1 Å². The number of nitriles is 3. The van der Waals surface area contributed by atoms with Gasteiger partial charge in [-0.2, -0.15) is 15.8 Å². The number of rotatable bonds is 1. The second-order valence-electron chi connectivity index (χ2n) is 7.45. The predicted molar refractivity (Wildman–Crippen MR) is 95.1 cm³/mol. The average molecular weight is 394 g/mol. The second-order valence-corrected chi connectivity index (χ2v) is 7.45. The minimum absolute atomic E-state index is 0.0565. The number of hydrogen-bond acceptors (Lipinski definition) is 6. The number of halogens is 2. The predicted octanol–water partition coefficient (Wildman–Crippen LogP) is 3.48. The van der Waals surface area contributed by atoms with Gasteiger partial charge in [-0.15, -0.1) is 0 Å². The van der Waals surface area contributed by atoms with Gasteiger partial charge in [-0.05, 0) is 30.0 Å². The van der Waals surface area contributed by atoms with Crippen LogP contribution in [0.5, 0.6) is 0 Å². The largest absolute Gasteiger partial charge is 0.348 e. The van der Waals surface area contributed by atoms with Gasteiger partial charge >= 0.3 is 0 Å². The highest BCUT2D eigenvalue weighted by Gasteiger charge is 2.59. The number of fused-ring (bicyclic) bond motifs is 1. The third kappa shape index (κ3) is 2.59.